The van der Waals surface area contributed by atoms with E-state index in [1.165, 1.54) is 21.3 Å². The normalized spacial score (nSPS) is 13.9. The van der Waals surface area contributed by atoms with Crippen LogP contribution in [0.5, 0.6) is 0 Å². The highest BCUT2D eigenvalue weighted by atomic mass is 16.6. The van der Waals surface area contributed by atoms with Crippen molar-refractivity contribution in [3.63, 3.8) is 0 Å². The van der Waals surface area contributed by atoms with Gasteiger partial charge in [0.05, 0.1) is 4.92 Å². The van der Waals surface area contributed by atoms with Gasteiger partial charge in [0.25, 0.3) is 11.2 Å². The number of hydrogen-bond donors (Lipinski definition) is 1. The van der Waals surface area contributed by atoms with Crippen LogP contribution in [0.3, 0.4) is 0 Å². The van der Waals surface area contributed by atoms with Crippen LogP contribution in [-0.4, -0.2) is 49.8 Å². The summed E-state index contributed by atoms with van der Waals surface area (Å²) in [6, 6.07) is 6.14. The second-order valence-electron chi connectivity index (χ2n) is 8.69. The molecule has 1 aliphatic heterocycles. The first-order valence-corrected chi connectivity index (χ1v) is 11.3. The quantitative estimate of drug-likeness (QED) is 0.317. The Balaban J connectivity index is 1.78. The smallest absolute Gasteiger partial charge is 0.332 e. The molecular weight excluding hydrogens is 438 g/mol. The van der Waals surface area contributed by atoms with E-state index in [-0.39, 0.29) is 17.8 Å². The van der Waals surface area contributed by atoms with E-state index in [1.807, 2.05) is 24.5 Å². The summed E-state index contributed by atoms with van der Waals surface area (Å²) in [5.41, 5.74) is 1.89. The summed E-state index contributed by atoms with van der Waals surface area (Å²) >= 11 is 0. The minimum Gasteiger partial charge on any atom is -0.340 e. The lowest BCUT2D eigenvalue weighted by Gasteiger charge is -2.28. The summed E-state index contributed by atoms with van der Waals surface area (Å²) < 4.78 is 4.56. The lowest BCUT2D eigenvalue weighted by molar-refractivity contribution is -0.384. The Hall–Kier alpha value is -3.73. The standard InChI is InChI=1S/C23H29N7O4/c1-16(2)8-12-28-19-20(25-22(28)27-14-10-24-11-15-27)26(3)23(32)29(21(19)31)13-9-17-4-6-18(7-5-17)30(33)34/h4-8,24H,9-15H2,1-3H3. The average molecular weight is 468 g/mol. The highest BCUT2D eigenvalue weighted by Crippen LogP contribution is 2.21. The number of benzene rings is 1. The van der Waals surface area contributed by atoms with Crippen LogP contribution in [0, 0.1) is 10.1 Å². The fourth-order valence-corrected chi connectivity index (χ4v) is 4.14. The number of aryl methyl sites for hydroxylation is 2. The Bertz CT molecular complexity index is 1360. The molecule has 3 aromatic rings. The van der Waals surface area contributed by atoms with Crippen molar-refractivity contribution in [1.29, 1.82) is 0 Å². The van der Waals surface area contributed by atoms with Crippen LogP contribution in [0.2, 0.25) is 0 Å². The van der Waals surface area contributed by atoms with Gasteiger partial charge in [-0.2, -0.15) is 4.98 Å². The third-order valence-electron chi connectivity index (χ3n) is 6.07. The molecule has 0 spiro atoms. The zero-order valence-electron chi connectivity index (χ0n) is 19.7. The molecule has 0 radical (unpaired) electrons. The van der Waals surface area contributed by atoms with Crippen LogP contribution in [0.1, 0.15) is 19.4 Å². The molecule has 11 nitrogen and oxygen atoms in total. The molecule has 4 rings (SSSR count). The first kappa shape index (κ1) is 23.4. The third kappa shape index (κ3) is 4.51. The van der Waals surface area contributed by atoms with Crippen molar-refractivity contribution in [1.82, 2.24) is 24.0 Å². The third-order valence-corrected chi connectivity index (χ3v) is 6.07. The van der Waals surface area contributed by atoms with Crippen molar-refractivity contribution in [3.05, 3.63) is 72.4 Å². The number of imidazole rings is 1. The Labute approximate surface area is 196 Å². The molecule has 11 heteroatoms. The first-order valence-electron chi connectivity index (χ1n) is 11.3. The van der Waals surface area contributed by atoms with Crippen LogP contribution < -0.4 is 21.5 Å². The van der Waals surface area contributed by atoms with E-state index in [0.29, 0.717) is 30.1 Å². The van der Waals surface area contributed by atoms with Gasteiger partial charge in [-0.3, -0.25) is 24.0 Å². The molecule has 3 heterocycles. The monoisotopic (exact) mass is 467 g/mol. The van der Waals surface area contributed by atoms with E-state index in [9.17, 15) is 19.7 Å². The van der Waals surface area contributed by atoms with Crippen LogP contribution in [0.4, 0.5) is 11.6 Å². The maximum Gasteiger partial charge on any atom is 0.332 e. The minimum absolute atomic E-state index is 0.00173. The molecule has 1 aliphatic rings. The number of rotatable bonds is 7. The zero-order valence-corrected chi connectivity index (χ0v) is 19.7. The van der Waals surface area contributed by atoms with Crippen LogP contribution in [-0.2, 0) is 26.6 Å². The number of allylic oxidation sites excluding steroid dienone is 2. The van der Waals surface area contributed by atoms with Crippen molar-refractivity contribution >= 4 is 22.8 Å². The van der Waals surface area contributed by atoms with E-state index in [1.54, 1.807) is 19.2 Å². The molecule has 180 valence electrons. The second-order valence-corrected chi connectivity index (χ2v) is 8.69. The summed E-state index contributed by atoms with van der Waals surface area (Å²) in [6.45, 7) is 7.82. The molecular formula is C23H29N7O4. The number of nitro benzene ring substituents is 1. The van der Waals surface area contributed by atoms with Gasteiger partial charge in [0.15, 0.2) is 11.2 Å². The molecule has 34 heavy (non-hydrogen) atoms. The Morgan fingerprint density at radius 1 is 1.15 bits per heavy atom. The lowest BCUT2D eigenvalue weighted by atomic mass is 10.1. The fraction of sp³-hybridized carbons (Fsp3) is 0.435. The van der Waals surface area contributed by atoms with Crippen molar-refractivity contribution in [2.45, 2.75) is 33.4 Å². The van der Waals surface area contributed by atoms with Gasteiger partial charge in [-0.25, -0.2) is 4.79 Å². The maximum absolute atomic E-state index is 13.6. The molecule has 0 amide bonds. The van der Waals surface area contributed by atoms with Gasteiger partial charge in [0.1, 0.15) is 0 Å². The number of nitro groups is 1. The Morgan fingerprint density at radius 2 is 1.82 bits per heavy atom. The number of hydrogen-bond acceptors (Lipinski definition) is 7. The minimum atomic E-state index is -0.457. The molecule has 1 saturated heterocycles. The summed E-state index contributed by atoms with van der Waals surface area (Å²) in [7, 11) is 1.63. The largest absolute Gasteiger partial charge is 0.340 e. The molecule has 0 atom stereocenters. The van der Waals surface area contributed by atoms with E-state index in [4.69, 9.17) is 4.98 Å². The molecule has 1 N–H and O–H groups in total. The van der Waals surface area contributed by atoms with Gasteiger partial charge in [0.2, 0.25) is 5.95 Å². The predicted molar refractivity (Wildman–Crippen MR) is 131 cm³/mol. The zero-order chi connectivity index (χ0) is 24.4. The Kier molecular flexibility index (Phi) is 6.64. The van der Waals surface area contributed by atoms with Gasteiger partial charge >= 0.3 is 5.69 Å². The van der Waals surface area contributed by atoms with E-state index in [0.717, 1.165) is 37.3 Å². The predicted octanol–water partition coefficient (Wildman–Crippen LogP) is 1.42. The average Bonchev–Trinajstić information content (AvgIpc) is 3.22. The number of nitrogens with zero attached hydrogens (tertiary/aromatic N) is 6. The maximum atomic E-state index is 13.6. The fourth-order valence-electron chi connectivity index (χ4n) is 4.14. The topological polar surface area (TPSA) is 120 Å². The van der Waals surface area contributed by atoms with Crippen LogP contribution in [0.25, 0.3) is 11.2 Å². The van der Waals surface area contributed by atoms with Crippen molar-refractivity contribution in [2.24, 2.45) is 7.05 Å². The van der Waals surface area contributed by atoms with Gasteiger partial charge in [-0.15, -0.1) is 0 Å². The number of anilines is 1. The van der Waals surface area contributed by atoms with Crippen molar-refractivity contribution in [2.75, 3.05) is 31.1 Å². The molecule has 0 unspecified atom stereocenters. The van der Waals surface area contributed by atoms with Crippen LogP contribution in [0.15, 0.2) is 45.5 Å². The number of fused-ring (bicyclic) bond motifs is 1. The molecule has 1 aromatic carbocycles. The molecule has 1 fully saturated rings. The second kappa shape index (κ2) is 9.64. The number of aromatic nitrogens is 4. The number of piperazine rings is 1. The highest BCUT2D eigenvalue weighted by Gasteiger charge is 2.24. The molecule has 2 aromatic heterocycles. The van der Waals surface area contributed by atoms with Crippen molar-refractivity contribution < 1.29 is 4.92 Å². The first-order chi connectivity index (χ1) is 16.3. The summed E-state index contributed by atoms with van der Waals surface area (Å²) in [5.74, 6) is 0.689. The number of non-ortho nitro benzene ring substituents is 1. The molecule has 0 saturated carbocycles. The van der Waals surface area contributed by atoms with Gasteiger partial charge in [-0.1, -0.05) is 23.8 Å². The number of nitrogens with one attached hydrogen (secondary N) is 1. The highest BCUT2D eigenvalue weighted by molar-refractivity contribution is 5.74. The van der Waals surface area contributed by atoms with E-state index < -0.39 is 10.6 Å². The van der Waals surface area contributed by atoms with Crippen molar-refractivity contribution in [3.8, 4) is 0 Å². The van der Waals surface area contributed by atoms with Crippen LogP contribution >= 0.6 is 0 Å². The Morgan fingerprint density at radius 3 is 2.44 bits per heavy atom. The molecule has 0 aliphatic carbocycles. The van der Waals surface area contributed by atoms with E-state index in [2.05, 4.69) is 10.2 Å². The lowest BCUT2D eigenvalue weighted by Crippen LogP contribution is -2.44. The van der Waals surface area contributed by atoms with E-state index >= 15 is 0 Å². The molecule has 0 bridgehead atoms. The summed E-state index contributed by atoms with van der Waals surface area (Å²) in [4.78, 5) is 44.0. The van der Waals surface area contributed by atoms with Gasteiger partial charge in [0, 0.05) is 58.4 Å². The van der Waals surface area contributed by atoms with Gasteiger partial charge in [-0.05, 0) is 25.8 Å². The SMILES string of the molecule is CC(C)=CCn1c(N2CCNCC2)nc2c1c(=O)n(CCc1ccc([N+](=O)[O-])cc1)c(=O)n2C. The summed E-state index contributed by atoms with van der Waals surface area (Å²) in [6.07, 6.45) is 2.43. The van der Waals surface area contributed by atoms with Gasteiger partial charge < -0.3 is 14.8 Å². The summed E-state index contributed by atoms with van der Waals surface area (Å²) in [5, 5.41) is 14.2.